The zero-order chi connectivity index (χ0) is 16.2. The van der Waals surface area contributed by atoms with Crippen molar-refractivity contribution in [3.63, 3.8) is 0 Å². The van der Waals surface area contributed by atoms with Crippen LogP contribution < -0.4 is 15.4 Å². The average Bonchev–Trinajstić information content (AvgIpc) is 2.53. The molecule has 0 spiro atoms. The number of nitrogens with one attached hydrogen (secondary N) is 2. The van der Waals surface area contributed by atoms with Gasteiger partial charge in [0.25, 0.3) is 0 Å². The monoisotopic (exact) mass is 306 g/mol. The second-order valence-corrected chi connectivity index (χ2v) is 5.14. The fourth-order valence-electron chi connectivity index (χ4n) is 1.82. The van der Waals surface area contributed by atoms with Crippen LogP contribution in [0.3, 0.4) is 0 Å². The number of carbonyl (C=O) groups excluding carboxylic acids is 2. The highest BCUT2D eigenvalue weighted by Crippen LogP contribution is 2.16. The Bertz CT molecular complexity index is 457. The van der Waals surface area contributed by atoms with Crippen molar-refractivity contribution in [1.29, 1.82) is 0 Å². The standard InChI is InChI=1S/C17H26N2O3/c1-3-5-7-13-22-15-10-8-14(9-11-15)19-17(21)16(20)18-12-6-4-2/h8-11H,3-7,12-13H2,1-2H3,(H,18,20)(H,19,21). The Balaban J connectivity index is 2.36. The van der Waals surface area contributed by atoms with Crippen LogP contribution in [-0.2, 0) is 9.59 Å². The minimum atomic E-state index is -0.646. The van der Waals surface area contributed by atoms with Crippen LogP contribution in [0.2, 0.25) is 0 Å². The van der Waals surface area contributed by atoms with Crippen LogP contribution >= 0.6 is 0 Å². The molecule has 22 heavy (non-hydrogen) atoms. The molecular weight excluding hydrogens is 280 g/mol. The molecular formula is C17H26N2O3. The van der Waals surface area contributed by atoms with Crippen LogP contribution in [0, 0.1) is 0 Å². The first-order chi connectivity index (χ1) is 10.7. The predicted octanol–water partition coefficient (Wildman–Crippen LogP) is 3.11. The Morgan fingerprint density at radius 2 is 1.64 bits per heavy atom. The van der Waals surface area contributed by atoms with Gasteiger partial charge in [-0.1, -0.05) is 33.1 Å². The predicted molar refractivity (Wildman–Crippen MR) is 88.0 cm³/mol. The molecule has 0 saturated carbocycles. The van der Waals surface area contributed by atoms with E-state index in [9.17, 15) is 9.59 Å². The molecule has 1 aromatic rings. The highest BCUT2D eigenvalue weighted by Gasteiger charge is 2.12. The van der Waals surface area contributed by atoms with E-state index < -0.39 is 11.8 Å². The zero-order valence-corrected chi connectivity index (χ0v) is 13.5. The minimum absolute atomic E-state index is 0.521. The van der Waals surface area contributed by atoms with Crippen LogP contribution in [0.25, 0.3) is 0 Å². The summed E-state index contributed by atoms with van der Waals surface area (Å²) in [6.07, 6.45) is 5.19. The van der Waals surface area contributed by atoms with Crippen LogP contribution in [0.1, 0.15) is 46.0 Å². The number of rotatable bonds is 9. The summed E-state index contributed by atoms with van der Waals surface area (Å²) in [5.74, 6) is -0.484. The zero-order valence-electron chi connectivity index (χ0n) is 13.5. The van der Waals surface area contributed by atoms with Gasteiger partial charge < -0.3 is 15.4 Å². The molecule has 0 heterocycles. The van der Waals surface area contributed by atoms with E-state index in [1.165, 1.54) is 0 Å². The Kier molecular flexibility index (Phi) is 8.72. The quantitative estimate of drug-likeness (QED) is 0.544. The van der Waals surface area contributed by atoms with Crippen molar-refractivity contribution in [3.8, 4) is 5.75 Å². The summed E-state index contributed by atoms with van der Waals surface area (Å²) in [4.78, 5) is 23.2. The third kappa shape index (κ3) is 7.11. The molecule has 2 N–H and O–H groups in total. The van der Waals surface area contributed by atoms with Gasteiger partial charge in [0, 0.05) is 12.2 Å². The molecule has 0 bridgehead atoms. The molecule has 0 saturated heterocycles. The van der Waals surface area contributed by atoms with E-state index in [2.05, 4.69) is 17.6 Å². The topological polar surface area (TPSA) is 67.4 Å². The number of carbonyl (C=O) groups is 2. The summed E-state index contributed by atoms with van der Waals surface area (Å²) < 4.78 is 5.59. The molecule has 1 aromatic carbocycles. The molecule has 0 fully saturated rings. The van der Waals surface area contributed by atoms with Gasteiger partial charge in [-0.25, -0.2) is 0 Å². The fraction of sp³-hybridized carbons (Fsp3) is 0.529. The number of unbranched alkanes of at least 4 members (excludes halogenated alkanes) is 3. The number of benzene rings is 1. The maximum absolute atomic E-state index is 11.7. The van der Waals surface area contributed by atoms with E-state index in [1.807, 2.05) is 6.92 Å². The van der Waals surface area contributed by atoms with Gasteiger partial charge in [0.15, 0.2) is 0 Å². The Morgan fingerprint density at radius 1 is 0.955 bits per heavy atom. The molecule has 0 atom stereocenters. The van der Waals surface area contributed by atoms with Crippen molar-refractivity contribution in [2.45, 2.75) is 46.0 Å². The third-order valence-corrected chi connectivity index (χ3v) is 3.15. The fourth-order valence-corrected chi connectivity index (χ4v) is 1.82. The first-order valence-electron chi connectivity index (χ1n) is 7.99. The maximum Gasteiger partial charge on any atom is 0.313 e. The second kappa shape index (κ2) is 10.7. The van der Waals surface area contributed by atoms with Gasteiger partial charge in [-0.2, -0.15) is 0 Å². The highest BCUT2D eigenvalue weighted by atomic mass is 16.5. The van der Waals surface area contributed by atoms with E-state index in [1.54, 1.807) is 24.3 Å². The van der Waals surface area contributed by atoms with E-state index in [4.69, 9.17) is 4.74 Å². The molecule has 1 rings (SSSR count). The van der Waals surface area contributed by atoms with Gasteiger partial charge >= 0.3 is 11.8 Å². The van der Waals surface area contributed by atoms with Crippen LogP contribution in [-0.4, -0.2) is 25.0 Å². The molecule has 0 aromatic heterocycles. The van der Waals surface area contributed by atoms with Crippen LogP contribution in [0.15, 0.2) is 24.3 Å². The summed E-state index contributed by atoms with van der Waals surface area (Å²) in [6, 6.07) is 7.03. The largest absolute Gasteiger partial charge is 0.494 e. The summed E-state index contributed by atoms with van der Waals surface area (Å²) in [6.45, 7) is 5.39. The number of hydrogen-bond donors (Lipinski definition) is 2. The molecule has 0 aliphatic rings. The third-order valence-electron chi connectivity index (χ3n) is 3.15. The van der Waals surface area contributed by atoms with Crippen LogP contribution in [0.4, 0.5) is 5.69 Å². The Morgan fingerprint density at radius 3 is 2.27 bits per heavy atom. The summed E-state index contributed by atoms with van der Waals surface area (Å²) in [5.41, 5.74) is 0.580. The van der Waals surface area contributed by atoms with E-state index >= 15 is 0 Å². The molecule has 5 nitrogen and oxygen atoms in total. The van der Waals surface area contributed by atoms with E-state index in [-0.39, 0.29) is 0 Å². The lowest BCUT2D eigenvalue weighted by Crippen LogP contribution is -2.35. The lowest BCUT2D eigenvalue weighted by Gasteiger charge is -2.08. The number of ether oxygens (including phenoxy) is 1. The number of amides is 2. The maximum atomic E-state index is 11.7. The molecule has 122 valence electrons. The molecule has 0 aliphatic heterocycles. The van der Waals surface area contributed by atoms with Gasteiger partial charge in [0.05, 0.1) is 6.61 Å². The molecule has 5 heteroatoms. The minimum Gasteiger partial charge on any atom is -0.494 e. The van der Waals surface area contributed by atoms with Gasteiger partial charge in [0.2, 0.25) is 0 Å². The molecule has 0 radical (unpaired) electrons. The molecule has 0 unspecified atom stereocenters. The van der Waals surface area contributed by atoms with E-state index in [0.717, 1.165) is 37.9 Å². The van der Waals surface area contributed by atoms with Crippen molar-refractivity contribution in [3.05, 3.63) is 24.3 Å². The lowest BCUT2D eigenvalue weighted by molar-refractivity contribution is -0.136. The van der Waals surface area contributed by atoms with Gasteiger partial charge in [-0.15, -0.1) is 0 Å². The Hall–Kier alpha value is -2.04. The Labute approximate surface area is 132 Å². The van der Waals surface area contributed by atoms with Crippen molar-refractivity contribution < 1.29 is 14.3 Å². The van der Waals surface area contributed by atoms with Gasteiger partial charge in [0.1, 0.15) is 5.75 Å². The normalized spacial score (nSPS) is 10.1. The SMILES string of the molecule is CCCCCOc1ccc(NC(=O)C(=O)NCCCC)cc1. The first-order valence-corrected chi connectivity index (χ1v) is 7.99. The first kappa shape index (κ1) is 18.0. The molecule has 2 amide bonds. The summed E-state index contributed by atoms with van der Waals surface area (Å²) >= 11 is 0. The second-order valence-electron chi connectivity index (χ2n) is 5.14. The average molecular weight is 306 g/mol. The van der Waals surface area contributed by atoms with Crippen molar-refractivity contribution in [1.82, 2.24) is 5.32 Å². The smallest absolute Gasteiger partial charge is 0.313 e. The number of anilines is 1. The summed E-state index contributed by atoms with van der Waals surface area (Å²) in [7, 11) is 0. The van der Waals surface area contributed by atoms with E-state index in [0.29, 0.717) is 18.8 Å². The lowest BCUT2D eigenvalue weighted by atomic mass is 10.2. The van der Waals surface area contributed by atoms with Gasteiger partial charge in [-0.3, -0.25) is 9.59 Å². The van der Waals surface area contributed by atoms with Crippen molar-refractivity contribution >= 4 is 17.5 Å². The number of hydrogen-bond acceptors (Lipinski definition) is 3. The van der Waals surface area contributed by atoms with Crippen molar-refractivity contribution in [2.24, 2.45) is 0 Å². The van der Waals surface area contributed by atoms with Crippen LogP contribution in [0.5, 0.6) is 5.75 Å². The highest BCUT2D eigenvalue weighted by molar-refractivity contribution is 6.39. The van der Waals surface area contributed by atoms with Gasteiger partial charge in [-0.05, 0) is 37.1 Å². The molecule has 0 aliphatic carbocycles. The van der Waals surface area contributed by atoms with Crippen molar-refractivity contribution in [2.75, 3.05) is 18.5 Å². The summed E-state index contributed by atoms with van der Waals surface area (Å²) in [5, 5.41) is 5.14.